The highest BCUT2D eigenvalue weighted by Crippen LogP contribution is 2.24. The quantitative estimate of drug-likeness (QED) is 0.510. The van der Waals surface area contributed by atoms with Crippen molar-refractivity contribution in [3.8, 4) is 5.75 Å². The maximum absolute atomic E-state index is 11.8. The standard InChI is InChI=1S/C20H32N2O4/c1-20(2,3)16-8-10-17(11-9-16)26-14-6-7-18(23)21-12-13-22(4)15-19(24)25-5/h8-11H,6-7,12-15H2,1-5H3,(H,21,23). The molecule has 1 N–H and O–H groups in total. The van der Waals surface area contributed by atoms with E-state index in [0.29, 0.717) is 32.5 Å². The predicted molar refractivity (Wildman–Crippen MR) is 102 cm³/mol. The van der Waals surface area contributed by atoms with Gasteiger partial charge in [-0.05, 0) is 36.6 Å². The molecule has 0 aromatic heterocycles. The summed E-state index contributed by atoms with van der Waals surface area (Å²) in [4.78, 5) is 24.7. The molecule has 0 saturated carbocycles. The van der Waals surface area contributed by atoms with Crippen LogP contribution in [0, 0.1) is 0 Å². The molecule has 0 aliphatic heterocycles. The molecule has 0 unspecified atom stereocenters. The third-order valence-electron chi connectivity index (χ3n) is 3.98. The number of nitrogens with one attached hydrogen (secondary N) is 1. The summed E-state index contributed by atoms with van der Waals surface area (Å²) < 4.78 is 10.3. The molecule has 0 radical (unpaired) electrons. The zero-order valence-electron chi connectivity index (χ0n) is 16.6. The molecular formula is C20H32N2O4. The molecule has 0 fully saturated rings. The number of rotatable bonds is 10. The molecular weight excluding hydrogens is 332 g/mol. The number of carbonyl (C=O) groups excluding carboxylic acids is 2. The van der Waals surface area contributed by atoms with Crippen molar-refractivity contribution in [2.45, 2.75) is 39.0 Å². The lowest BCUT2D eigenvalue weighted by atomic mass is 9.87. The number of likely N-dealkylation sites (N-methyl/N-ethyl adjacent to an activating group) is 1. The van der Waals surface area contributed by atoms with Crippen LogP contribution in [0.3, 0.4) is 0 Å². The lowest BCUT2D eigenvalue weighted by Gasteiger charge is -2.19. The highest BCUT2D eigenvalue weighted by atomic mass is 16.5. The minimum absolute atomic E-state index is 0.0110. The zero-order valence-corrected chi connectivity index (χ0v) is 16.6. The highest BCUT2D eigenvalue weighted by Gasteiger charge is 2.13. The first kappa shape index (κ1) is 22.0. The SMILES string of the molecule is COC(=O)CN(C)CCNC(=O)CCCOc1ccc(C(C)(C)C)cc1. The Bertz CT molecular complexity index is 564. The normalized spacial score (nSPS) is 11.3. The smallest absolute Gasteiger partial charge is 0.319 e. The first-order chi connectivity index (χ1) is 12.2. The molecule has 1 amide bonds. The van der Waals surface area contributed by atoms with Crippen LogP contribution in [-0.4, -0.2) is 57.2 Å². The molecule has 0 aliphatic rings. The van der Waals surface area contributed by atoms with Gasteiger partial charge >= 0.3 is 5.97 Å². The minimum Gasteiger partial charge on any atom is -0.494 e. The second-order valence-electron chi connectivity index (χ2n) is 7.39. The lowest BCUT2D eigenvalue weighted by molar-refractivity contribution is -0.141. The van der Waals surface area contributed by atoms with Crippen LogP contribution < -0.4 is 10.1 Å². The summed E-state index contributed by atoms with van der Waals surface area (Å²) in [6.45, 7) is 8.34. The molecule has 26 heavy (non-hydrogen) atoms. The molecule has 0 saturated heterocycles. The van der Waals surface area contributed by atoms with Gasteiger partial charge in [0.25, 0.3) is 0 Å². The highest BCUT2D eigenvalue weighted by molar-refractivity contribution is 5.75. The molecule has 146 valence electrons. The number of methoxy groups -OCH3 is 1. The van der Waals surface area contributed by atoms with E-state index in [2.05, 4.69) is 43.0 Å². The van der Waals surface area contributed by atoms with E-state index in [9.17, 15) is 9.59 Å². The second kappa shape index (κ2) is 10.8. The van der Waals surface area contributed by atoms with Crippen molar-refractivity contribution in [2.24, 2.45) is 0 Å². The van der Waals surface area contributed by atoms with Crippen LogP contribution in [0.1, 0.15) is 39.2 Å². The summed E-state index contributed by atoms with van der Waals surface area (Å²) in [5, 5.41) is 2.84. The molecule has 1 rings (SSSR count). The summed E-state index contributed by atoms with van der Waals surface area (Å²) in [7, 11) is 3.17. The monoisotopic (exact) mass is 364 g/mol. The fraction of sp³-hybridized carbons (Fsp3) is 0.600. The van der Waals surface area contributed by atoms with Crippen molar-refractivity contribution in [2.75, 3.05) is 40.4 Å². The van der Waals surface area contributed by atoms with Crippen LogP contribution >= 0.6 is 0 Å². The average molecular weight is 364 g/mol. The Morgan fingerprint density at radius 3 is 2.38 bits per heavy atom. The predicted octanol–water partition coefficient (Wildman–Crippen LogP) is 2.36. The van der Waals surface area contributed by atoms with Crippen molar-refractivity contribution >= 4 is 11.9 Å². The molecule has 6 nitrogen and oxygen atoms in total. The van der Waals surface area contributed by atoms with Gasteiger partial charge in [0.2, 0.25) is 5.91 Å². The Hall–Kier alpha value is -2.08. The Balaban J connectivity index is 2.15. The fourth-order valence-corrected chi connectivity index (χ4v) is 2.31. The summed E-state index contributed by atoms with van der Waals surface area (Å²) in [6, 6.07) is 8.09. The lowest BCUT2D eigenvalue weighted by Crippen LogP contribution is -2.35. The molecule has 1 aromatic rings. The van der Waals surface area contributed by atoms with E-state index in [0.717, 1.165) is 5.75 Å². The van der Waals surface area contributed by atoms with Crippen LogP contribution in [0.4, 0.5) is 0 Å². The number of ether oxygens (including phenoxy) is 2. The van der Waals surface area contributed by atoms with Gasteiger partial charge in [0.1, 0.15) is 5.75 Å². The van der Waals surface area contributed by atoms with E-state index < -0.39 is 0 Å². The number of esters is 1. The first-order valence-corrected chi connectivity index (χ1v) is 8.98. The van der Waals surface area contributed by atoms with Gasteiger partial charge in [0, 0.05) is 19.5 Å². The topological polar surface area (TPSA) is 67.9 Å². The van der Waals surface area contributed by atoms with E-state index in [-0.39, 0.29) is 23.8 Å². The van der Waals surface area contributed by atoms with Crippen molar-refractivity contribution in [3.05, 3.63) is 29.8 Å². The Kier molecular flexibility index (Phi) is 9.13. The van der Waals surface area contributed by atoms with Crippen LogP contribution in [0.25, 0.3) is 0 Å². The van der Waals surface area contributed by atoms with Crippen LogP contribution in [0.15, 0.2) is 24.3 Å². The molecule has 6 heteroatoms. The summed E-state index contributed by atoms with van der Waals surface area (Å²) in [5.41, 5.74) is 1.39. The van der Waals surface area contributed by atoms with E-state index in [4.69, 9.17) is 4.74 Å². The summed E-state index contributed by atoms with van der Waals surface area (Å²) in [6.07, 6.45) is 1.08. The van der Waals surface area contributed by atoms with Crippen molar-refractivity contribution in [3.63, 3.8) is 0 Å². The van der Waals surface area contributed by atoms with E-state index in [1.807, 2.05) is 19.2 Å². The van der Waals surface area contributed by atoms with Gasteiger partial charge in [0.15, 0.2) is 0 Å². The number of nitrogens with zero attached hydrogens (tertiary/aromatic N) is 1. The van der Waals surface area contributed by atoms with Crippen molar-refractivity contribution in [1.29, 1.82) is 0 Å². The van der Waals surface area contributed by atoms with E-state index in [1.54, 1.807) is 4.90 Å². The van der Waals surface area contributed by atoms with Gasteiger partial charge < -0.3 is 14.8 Å². The number of benzene rings is 1. The number of hydrogen-bond donors (Lipinski definition) is 1. The van der Waals surface area contributed by atoms with Gasteiger partial charge in [0.05, 0.1) is 20.3 Å². The number of hydrogen-bond acceptors (Lipinski definition) is 5. The summed E-state index contributed by atoms with van der Waals surface area (Å²) in [5.74, 6) is 0.525. The Morgan fingerprint density at radius 1 is 1.15 bits per heavy atom. The minimum atomic E-state index is -0.286. The Morgan fingerprint density at radius 2 is 1.81 bits per heavy atom. The first-order valence-electron chi connectivity index (χ1n) is 8.98. The Labute approximate surface area is 156 Å². The average Bonchev–Trinajstić information content (AvgIpc) is 2.58. The zero-order chi connectivity index (χ0) is 19.6. The van der Waals surface area contributed by atoms with Crippen LogP contribution in [0.5, 0.6) is 5.75 Å². The van der Waals surface area contributed by atoms with Gasteiger partial charge in [-0.1, -0.05) is 32.9 Å². The van der Waals surface area contributed by atoms with Crippen molar-refractivity contribution < 1.29 is 19.1 Å². The van der Waals surface area contributed by atoms with E-state index in [1.165, 1.54) is 12.7 Å². The fourth-order valence-electron chi connectivity index (χ4n) is 2.31. The molecule has 0 bridgehead atoms. The molecule has 0 heterocycles. The molecule has 0 atom stereocenters. The van der Waals surface area contributed by atoms with Crippen LogP contribution in [0.2, 0.25) is 0 Å². The maximum atomic E-state index is 11.8. The molecule has 0 aliphatic carbocycles. The van der Waals surface area contributed by atoms with Gasteiger partial charge in [-0.25, -0.2) is 0 Å². The van der Waals surface area contributed by atoms with Gasteiger partial charge in [-0.3, -0.25) is 14.5 Å². The molecule has 0 spiro atoms. The second-order valence-corrected chi connectivity index (χ2v) is 7.39. The third-order valence-corrected chi connectivity index (χ3v) is 3.98. The third kappa shape index (κ3) is 8.85. The maximum Gasteiger partial charge on any atom is 0.319 e. The summed E-state index contributed by atoms with van der Waals surface area (Å²) >= 11 is 0. The van der Waals surface area contributed by atoms with Crippen LogP contribution in [-0.2, 0) is 19.7 Å². The number of carbonyl (C=O) groups is 2. The van der Waals surface area contributed by atoms with Gasteiger partial charge in [-0.15, -0.1) is 0 Å². The van der Waals surface area contributed by atoms with E-state index >= 15 is 0 Å². The van der Waals surface area contributed by atoms with Gasteiger partial charge in [-0.2, -0.15) is 0 Å². The van der Waals surface area contributed by atoms with Crippen molar-refractivity contribution in [1.82, 2.24) is 10.2 Å². The molecule has 1 aromatic carbocycles. The largest absolute Gasteiger partial charge is 0.494 e. The number of amides is 1.